The number of aliphatic carboxylic acids is 1. The normalized spacial score (nSPS) is 12.8. The summed E-state index contributed by atoms with van der Waals surface area (Å²) in [6.45, 7) is -0.507. The highest BCUT2D eigenvalue weighted by Gasteiger charge is 2.27. The third-order valence-corrected chi connectivity index (χ3v) is 6.09. The molecule has 222 valence electrons. The number of nitrogens with two attached hydrogens (primary N) is 2. The molecular formula is C28H38N6O7. The van der Waals surface area contributed by atoms with E-state index in [2.05, 4.69) is 21.3 Å². The molecular weight excluding hydrogens is 532 g/mol. The number of hydrogen-bond acceptors (Lipinski definition) is 8. The van der Waals surface area contributed by atoms with Crippen molar-refractivity contribution in [1.29, 1.82) is 0 Å². The van der Waals surface area contributed by atoms with Crippen LogP contribution in [-0.2, 0) is 36.8 Å². The molecule has 2 aromatic carbocycles. The van der Waals surface area contributed by atoms with Crippen LogP contribution in [0.25, 0.3) is 0 Å². The first-order valence-corrected chi connectivity index (χ1v) is 13.2. The van der Waals surface area contributed by atoms with Crippen LogP contribution in [0.15, 0.2) is 54.6 Å². The van der Waals surface area contributed by atoms with Crippen LogP contribution in [0, 0.1) is 0 Å². The Morgan fingerprint density at radius 1 is 0.732 bits per heavy atom. The first kappa shape index (κ1) is 32.7. The maximum atomic E-state index is 13.0. The fraction of sp³-hybridized carbons (Fsp3) is 0.393. The number of unbranched alkanes of at least 4 members (excludes halogenated alkanes) is 1. The molecule has 0 bridgehead atoms. The summed E-state index contributed by atoms with van der Waals surface area (Å²) in [6, 6.07) is 11.9. The monoisotopic (exact) mass is 570 g/mol. The van der Waals surface area contributed by atoms with E-state index >= 15 is 0 Å². The minimum absolute atomic E-state index is 0.0854. The Morgan fingerprint density at radius 3 is 2.00 bits per heavy atom. The van der Waals surface area contributed by atoms with Gasteiger partial charge in [-0.1, -0.05) is 42.5 Å². The third kappa shape index (κ3) is 12.5. The van der Waals surface area contributed by atoms with Gasteiger partial charge < -0.3 is 42.9 Å². The Hall–Kier alpha value is -4.49. The molecule has 0 aliphatic rings. The number of carboxylic acid groups (broad SMARTS) is 1. The quantitative estimate of drug-likeness (QED) is 0.108. The van der Waals surface area contributed by atoms with Crippen molar-refractivity contribution in [1.82, 2.24) is 21.3 Å². The van der Waals surface area contributed by atoms with Crippen LogP contribution in [0.2, 0.25) is 0 Å². The van der Waals surface area contributed by atoms with Crippen molar-refractivity contribution < 1.29 is 34.2 Å². The van der Waals surface area contributed by atoms with Crippen LogP contribution >= 0.6 is 0 Å². The molecule has 2 aromatic rings. The number of benzene rings is 2. The number of carboxylic acids is 1. The molecule has 0 aromatic heterocycles. The molecule has 13 heteroatoms. The Bertz CT molecular complexity index is 1160. The van der Waals surface area contributed by atoms with E-state index in [4.69, 9.17) is 11.5 Å². The molecule has 0 saturated heterocycles. The van der Waals surface area contributed by atoms with Crippen LogP contribution in [0.5, 0.6) is 5.75 Å². The smallest absolute Gasteiger partial charge is 0.326 e. The number of carbonyl (C=O) groups is 5. The molecule has 3 atom stereocenters. The van der Waals surface area contributed by atoms with E-state index in [1.165, 1.54) is 12.1 Å². The third-order valence-electron chi connectivity index (χ3n) is 6.09. The second kappa shape index (κ2) is 17.3. The molecule has 0 fully saturated rings. The maximum absolute atomic E-state index is 13.0. The number of phenolic OH excluding ortho intramolecular Hbond substituents is 1. The summed E-state index contributed by atoms with van der Waals surface area (Å²) in [5.41, 5.74) is 12.8. The molecule has 0 aliphatic carbocycles. The van der Waals surface area contributed by atoms with Crippen molar-refractivity contribution in [3.63, 3.8) is 0 Å². The fourth-order valence-electron chi connectivity index (χ4n) is 3.85. The van der Waals surface area contributed by atoms with Crippen LogP contribution in [0.1, 0.15) is 30.4 Å². The first-order chi connectivity index (χ1) is 19.6. The predicted molar refractivity (Wildman–Crippen MR) is 150 cm³/mol. The van der Waals surface area contributed by atoms with Crippen molar-refractivity contribution in [3.8, 4) is 5.75 Å². The molecule has 10 N–H and O–H groups in total. The zero-order valence-electron chi connectivity index (χ0n) is 22.7. The molecule has 2 rings (SSSR count). The summed E-state index contributed by atoms with van der Waals surface area (Å²) in [5, 5.41) is 28.6. The lowest BCUT2D eigenvalue weighted by molar-refractivity contribution is -0.142. The van der Waals surface area contributed by atoms with Crippen molar-refractivity contribution in [2.45, 2.75) is 50.2 Å². The Balaban J connectivity index is 1.88. The zero-order valence-corrected chi connectivity index (χ0v) is 22.7. The highest BCUT2D eigenvalue weighted by molar-refractivity contribution is 5.93. The molecule has 41 heavy (non-hydrogen) atoms. The standard InChI is InChI=1S/C28H38N6O7/c29-13-5-4-8-22(28(40)41)34-27(39)23(15-18-6-2-1-3-7-18)33-25(37)17-31-24(36)16-32-26(38)21(30)14-19-9-11-20(35)12-10-19/h1-3,6-7,9-12,21-23,35H,4-5,8,13-17,29-30H2,(H,31,36)(H,32,38)(H,33,37)(H,34,39)(H,40,41)/t21-,22+,23-/m0/s1. The minimum Gasteiger partial charge on any atom is -0.508 e. The van der Waals surface area contributed by atoms with Gasteiger partial charge >= 0.3 is 5.97 Å². The fourth-order valence-corrected chi connectivity index (χ4v) is 3.85. The van der Waals surface area contributed by atoms with Crippen molar-refractivity contribution in [2.75, 3.05) is 19.6 Å². The zero-order chi connectivity index (χ0) is 30.2. The number of rotatable bonds is 17. The van der Waals surface area contributed by atoms with E-state index in [9.17, 15) is 34.2 Å². The van der Waals surface area contributed by atoms with Crippen LogP contribution in [0.4, 0.5) is 0 Å². The van der Waals surface area contributed by atoms with Gasteiger partial charge in [0.2, 0.25) is 23.6 Å². The number of nitrogens with one attached hydrogen (secondary N) is 4. The number of hydrogen-bond donors (Lipinski definition) is 8. The largest absolute Gasteiger partial charge is 0.508 e. The highest BCUT2D eigenvalue weighted by atomic mass is 16.4. The number of aromatic hydroxyl groups is 1. The second-order valence-corrected chi connectivity index (χ2v) is 9.47. The molecule has 0 spiro atoms. The average molecular weight is 571 g/mol. The van der Waals surface area contributed by atoms with Gasteiger partial charge in [0, 0.05) is 6.42 Å². The summed E-state index contributed by atoms with van der Waals surface area (Å²) in [6.07, 6.45) is 1.58. The lowest BCUT2D eigenvalue weighted by atomic mass is 10.0. The molecule has 0 saturated carbocycles. The van der Waals surface area contributed by atoms with E-state index in [1.54, 1.807) is 42.5 Å². The van der Waals surface area contributed by atoms with Gasteiger partial charge in [0.25, 0.3) is 0 Å². The van der Waals surface area contributed by atoms with E-state index in [1.807, 2.05) is 0 Å². The van der Waals surface area contributed by atoms with Crippen LogP contribution < -0.4 is 32.7 Å². The maximum Gasteiger partial charge on any atom is 0.326 e. The molecule has 4 amide bonds. The van der Waals surface area contributed by atoms with E-state index in [-0.39, 0.29) is 25.0 Å². The minimum atomic E-state index is -1.20. The lowest BCUT2D eigenvalue weighted by Gasteiger charge is -2.22. The Morgan fingerprint density at radius 2 is 1.37 bits per heavy atom. The van der Waals surface area contributed by atoms with Gasteiger partial charge in [0.15, 0.2) is 0 Å². The topological polar surface area (TPSA) is 226 Å². The van der Waals surface area contributed by atoms with Gasteiger partial charge in [0.1, 0.15) is 17.8 Å². The SMILES string of the molecule is NCCCC[C@@H](NC(=O)[C@H](Cc1ccccc1)NC(=O)CNC(=O)CNC(=O)[C@@H](N)Cc1ccc(O)cc1)C(=O)O. The Kier molecular flexibility index (Phi) is 13.8. The number of amides is 4. The Labute approximate surface area is 238 Å². The van der Waals surface area contributed by atoms with Gasteiger partial charge in [-0.25, -0.2) is 4.79 Å². The number of phenols is 1. The van der Waals surface area contributed by atoms with Crippen molar-refractivity contribution in [2.24, 2.45) is 11.5 Å². The summed E-state index contributed by atoms with van der Waals surface area (Å²) in [7, 11) is 0. The summed E-state index contributed by atoms with van der Waals surface area (Å²) < 4.78 is 0. The molecule has 0 radical (unpaired) electrons. The average Bonchev–Trinajstić information content (AvgIpc) is 2.95. The van der Waals surface area contributed by atoms with Gasteiger partial charge in [-0.3, -0.25) is 19.2 Å². The van der Waals surface area contributed by atoms with Gasteiger partial charge in [-0.15, -0.1) is 0 Å². The number of carbonyl (C=O) groups excluding carboxylic acids is 4. The molecule has 0 aliphatic heterocycles. The van der Waals surface area contributed by atoms with Crippen molar-refractivity contribution >= 4 is 29.6 Å². The summed E-state index contributed by atoms with van der Waals surface area (Å²) >= 11 is 0. The van der Waals surface area contributed by atoms with E-state index in [0.29, 0.717) is 19.4 Å². The van der Waals surface area contributed by atoms with Gasteiger partial charge in [-0.05, 0) is 55.5 Å². The predicted octanol–water partition coefficient (Wildman–Crippen LogP) is -1.08. The van der Waals surface area contributed by atoms with E-state index in [0.717, 1.165) is 11.1 Å². The second-order valence-electron chi connectivity index (χ2n) is 9.47. The highest BCUT2D eigenvalue weighted by Crippen LogP contribution is 2.11. The molecule has 0 unspecified atom stereocenters. The van der Waals surface area contributed by atoms with E-state index < -0.39 is 60.8 Å². The first-order valence-electron chi connectivity index (χ1n) is 13.2. The van der Waals surface area contributed by atoms with Crippen LogP contribution in [-0.4, -0.2) is 77.6 Å². The summed E-state index contributed by atoms with van der Waals surface area (Å²) in [5.74, 6) is -3.69. The molecule has 0 heterocycles. The van der Waals surface area contributed by atoms with Gasteiger partial charge in [0.05, 0.1) is 19.1 Å². The molecule has 13 nitrogen and oxygen atoms in total. The van der Waals surface area contributed by atoms with Crippen LogP contribution in [0.3, 0.4) is 0 Å². The lowest BCUT2D eigenvalue weighted by Crippen LogP contribution is -2.54. The summed E-state index contributed by atoms with van der Waals surface area (Å²) in [4.78, 5) is 61.6. The van der Waals surface area contributed by atoms with Crippen molar-refractivity contribution in [3.05, 3.63) is 65.7 Å². The van der Waals surface area contributed by atoms with Gasteiger partial charge in [-0.2, -0.15) is 0 Å².